The van der Waals surface area contributed by atoms with Crippen molar-refractivity contribution in [3.63, 3.8) is 0 Å². The maximum Gasteiger partial charge on any atom is 0.308 e. The van der Waals surface area contributed by atoms with Crippen molar-refractivity contribution in [3.05, 3.63) is 84.2 Å². The molecular weight excluding hydrogens is 368 g/mol. The van der Waals surface area contributed by atoms with Crippen molar-refractivity contribution in [1.29, 1.82) is 0 Å². The number of nitrogens with zero attached hydrogens (tertiary/aromatic N) is 1. The predicted molar refractivity (Wildman–Crippen MR) is 110 cm³/mol. The van der Waals surface area contributed by atoms with Gasteiger partial charge in [0, 0.05) is 23.6 Å². The average Bonchev–Trinajstić information content (AvgIpc) is 3.28. The van der Waals surface area contributed by atoms with Crippen molar-refractivity contribution in [2.75, 3.05) is 13.7 Å². The third-order valence-electron chi connectivity index (χ3n) is 4.51. The lowest BCUT2D eigenvalue weighted by atomic mass is 10.0. The van der Waals surface area contributed by atoms with Crippen LogP contribution in [0.2, 0.25) is 0 Å². The van der Waals surface area contributed by atoms with Gasteiger partial charge >= 0.3 is 5.97 Å². The first-order valence-electron chi connectivity index (χ1n) is 9.44. The summed E-state index contributed by atoms with van der Waals surface area (Å²) >= 11 is 0. The Morgan fingerprint density at radius 3 is 2.41 bits per heavy atom. The molecule has 3 rings (SSSR count). The second-order valence-corrected chi connectivity index (χ2v) is 6.45. The number of rotatable bonds is 8. The van der Waals surface area contributed by atoms with Gasteiger partial charge in [-0.05, 0) is 61.0 Å². The maximum absolute atomic E-state index is 12.8. The number of amides is 1. The summed E-state index contributed by atoms with van der Waals surface area (Å²) < 4.78 is 12.3. The fourth-order valence-corrected chi connectivity index (χ4v) is 3.03. The van der Waals surface area contributed by atoms with Crippen LogP contribution in [0.1, 0.15) is 35.3 Å². The van der Waals surface area contributed by atoms with E-state index < -0.39 is 6.04 Å². The Labute approximate surface area is 170 Å². The summed E-state index contributed by atoms with van der Waals surface area (Å²) in [4.78, 5) is 24.9. The molecule has 1 N–H and O–H groups in total. The van der Waals surface area contributed by atoms with Gasteiger partial charge in [-0.25, -0.2) is 0 Å². The van der Waals surface area contributed by atoms with Crippen LogP contribution in [0.5, 0.6) is 5.75 Å². The monoisotopic (exact) mass is 392 g/mol. The molecule has 6 nitrogen and oxygen atoms in total. The number of hydrogen-bond acceptors (Lipinski definition) is 4. The molecule has 1 atom stereocenters. The van der Waals surface area contributed by atoms with Crippen LogP contribution < -0.4 is 10.1 Å². The molecule has 0 aliphatic heterocycles. The summed E-state index contributed by atoms with van der Waals surface area (Å²) in [7, 11) is 1.57. The smallest absolute Gasteiger partial charge is 0.308 e. The lowest BCUT2D eigenvalue weighted by Crippen LogP contribution is -2.30. The fourth-order valence-electron chi connectivity index (χ4n) is 3.03. The van der Waals surface area contributed by atoms with Crippen molar-refractivity contribution < 1.29 is 19.1 Å². The molecule has 6 heteroatoms. The molecule has 0 aliphatic rings. The zero-order valence-corrected chi connectivity index (χ0v) is 16.5. The second-order valence-electron chi connectivity index (χ2n) is 6.45. The number of hydrogen-bond donors (Lipinski definition) is 1. The van der Waals surface area contributed by atoms with Gasteiger partial charge in [0.05, 0.1) is 26.2 Å². The number of carbonyl (C=O) groups is 2. The van der Waals surface area contributed by atoms with Crippen LogP contribution in [0.3, 0.4) is 0 Å². The summed E-state index contributed by atoms with van der Waals surface area (Å²) in [6.45, 7) is 2.04. The van der Waals surface area contributed by atoms with Crippen LogP contribution in [-0.4, -0.2) is 30.2 Å². The molecule has 0 fully saturated rings. The van der Waals surface area contributed by atoms with Crippen LogP contribution in [0.4, 0.5) is 0 Å². The summed E-state index contributed by atoms with van der Waals surface area (Å²) in [6, 6.07) is 17.9. The van der Waals surface area contributed by atoms with E-state index in [1.54, 1.807) is 32.2 Å². The zero-order chi connectivity index (χ0) is 20.6. The van der Waals surface area contributed by atoms with Crippen LogP contribution in [-0.2, 0) is 9.53 Å². The highest BCUT2D eigenvalue weighted by atomic mass is 16.5. The van der Waals surface area contributed by atoms with E-state index in [0.717, 1.165) is 11.3 Å². The van der Waals surface area contributed by atoms with E-state index in [4.69, 9.17) is 9.47 Å². The first kappa shape index (κ1) is 20.2. The highest BCUT2D eigenvalue weighted by molar-refractivity contribution is 5.95. The first-order valence-corrected chi connectivity index (χ1v) is 9.44. The Morgan fingerprint density at radius 1 is 1.03 bits per heavy atom. The molecule has 0 radical (unpaired) electrons. The van der Waals surface area contributed by atoms with Gasteiger partial charge in [0.25, 0.3) is 5.91 Å². The topological polar surface area (TPSA) is 69.6 Å². The molecule has 3 aromatic rings. The third kappa shape index (κ3) is 5.25. The highest BCUT2D eigenvalue weighted by Crippen LogP contribution is 2.23. The minimum absolute atomic E-state index is 0.0359. The molecule has 1 unspecified atom stereocenters. The molecule has 0 aliphatic carbocycles. The lowest BCUT2D eigenvalue weighted by Gasteiger charge is -2.19. The van der Waals surface area contributed by atoms with Crippen LogP contribution in [0.15, 0.2) is 73.1 Å². The van der Waals surface area contributed by atoms with Crippen molar-refractivity contribution >= 4 is 11.9 Å². The van der Waals surface area contributed by atoms with Crippen LogP contribution in [0.25, 0.3) is 5.69 Å². The standard InChI is InChI=1S/C23H24N2O4/c1-3-29-22(26)16-21(18-7-6-8-20(15-18)28-2)24-23(27)17-9-11-19(12-10-17)25-13-4-5-14-25/h4-15,21H,3,16H2,1-2H3,(H,24,27). The lowest BCUT2D eigenvalue weighted by molar-refractivity contribution is -0.143. The maximum atomic E-state index is 12.8. The van der Waals surface area contributed by atoms with Gasteiger partial charge in [-0.15, -0.1) is 0 Å². The largest absolute Gasteiger partial charge is 0.497 e. The SMILES string of the molecule is CCOC(=O)CC(NC(=O)c1ccc(-n2cccc2)cc1)c1cccc(OC)c1. The predicted octanol–water partition coefficient (Wildman–Crippen LogP) is 3.91. The van der Waals surface area contributed by atoms with Gasteiger partial charge in [0.1, 0.15) is 5.75 Å². The molecule has 0 bridgehead atoms. The van der Waals surface area contributed by atoms with Gasteiger partial charge in [-0.2, -0.15) is 0 Å². The molecule has 0 spiro atoms. The number of ether oxygens (including phenoxy) is 2. The van der Waals surface area contributed by atoms with Crippen molar-refractivity contribution in [1.82, 2.24) is 9.88 Å². The number of nitrogens with one attached hydrogen (secondary N) is 1. The summed E-state index contributed by atoms with van der Waals surface area (Å²) in [6.07, 6.45) is 3.91. The van der Waals surface area contributed by atoms with E-state index in [9.17, 15) is 9.59 Å². The Kier molecular flexibility index (Phi) is 6.68. The molecule has 0 saturated carbocycles. The van der Waals surface area contributed by atoms with E-state index in [1.165, 1.54) is 0 Å². The minimum Gasteiger partial charge on any atom is -0.497 e. The summed E-state index contributed by atoms with van der Waals surface area (Å²) in [5.74, 6) is 0.0198. The Hall–Kier alpha value is -3.54. The number of esters is 1. The Bertz CT molecular complexity index is 949. The van der Waals surface area contributed by atoms with E-state index in [1.807, 2.05) is 59.4 Å². The number of aromatic nitrogens is 1. The first-order chi connectivity index (χ1) is 14.1. The van der Waals surface area contributed by atoms with Gasteiger partial charge in [0.15, 0.2) is 0 Å². The van der Waals surface area contributed by atoms with Gasteiger partial charge in [-0.3, -0.25) is 9.59 Å². The van der Waals surface area contributed by atoms with Crippen LogP contribution in [0, 0.1) is 0 Å². The van der Waals surface area contributed by atoms with Crippen molar-refractivity contribution in [2.45, 2.75) is 19.4 Å². The van der Waals surface area contributed by atoms with Crippen molar-refractivity contribution in [2.24, 2.45) is 0 Å². The average molecular weight is 392 g/mol. The molecular formula is C23H24N2O4. The van der Waals surface area contributed by atoms with Crippen LogP contribution >= 0.6 is 0 Å². The number of benzene rings is 2. The molecule has 1 aromatic heterocycles. The van der Waals surface area contributed by atoms with E-state index >= 15 is 0 Å². The molecule has 1 amide bonds. The fraction of sp³-hybridized carbons (Fsp3) is 0.217. The van der Waals surface area contributed by atoms with Gasteiger partial charge in [0.2, 0.25) is 0 Å². The van der Waals surface area contributed by atoms with Gasteiger partial charge in [-0.1, -0.05) is 12.1 Å². The summed E-state index contributed by atoms with van der Waals surface area (Å²) in [5.41, 5.74) is 2.25. The molecule has 1 heterocycles. The normalized spacial score (nSPS) is 11.5. The van der Waals surface area contributed by atoms with E-state index in [2.05, 4.69) is 5.32 Å². The van der Waals surface area contributed by atoms with E-state index in [0.29, 0.717) is 17.9 Å². The summed E-state index contributed by atoms with van der Waals surface area (Å²) in [5, 5.41) is 2.94. The molecule has 2 aromatic carbocycles. The number of carbonyl (C=O) groups excluding carboxylic acids is 2. The Morgan fingerprint density at radius 2 is 1.76 bits per heavy atom. The van der Waals surface area contributed by atoms with E-state index in [-0.39, 0.29) is 18.3 Å². The molecule has 150 valence electrons. The van der Waals surface area contributed by atoms with Gasteiger partial charge < -0.3 is 19.4 Å². The minimum atomic E-state index is -0.527. The van der Waals surface area contributed by atoms with Crippen molar-refractivity contribution in [3.8, 4) is 11.4 Å². The molecule has 29 heavy (non-hydrogen) atoms. The highest BCUT2D eigenvalue weighted by Gasteiger charge is 2.20. The zero-order valence-electron chi connectivity index (χ0n) is 16.5. The molecule has 0 saturated heterocycles. The Balaban J connectivity index is 1.78. The third-order valence-corrected chi connectivity index (χ3v) is 4.51. The quantitative estimate of drug-likeness (QED) is 0.590. The number of methoxy groups -OCH3 is 1. The second kappa shape index (κ2) is 9.59.